The van der Waals surface area contributed by atoms with E-state index in [1.54, 1.807) is 16.8 Å². The molecule has 5 nitrogen and oxygen atoms in total. The zero-order valence-corrected chi connectivity index (χ0v) is 15.2. The molecule has 0 aliphatic carbocycles. The molecule has 0 saturated carbocycles. The van der Waals surface area contributed by atoms with E-state index in [1.807, 2.05) is 39.0 Å². The van der Waals surface area contributed by atoms with Gasteiger partial charge in [-0.3, -0.25) is 4.57 Å². The van der Waals surface area contributed by atoms with Crippen molar-refractivity contribution < 1.29 is 0 Å². The highest BCUT2D eigenvalue weighted by Crippen LogP contribution is 2.40. The zero-order valence-electron chi connectivity index (χ0n) is 12.9. The molecule has 3 aromatic rings. The summed E-state index contributed by atoms with van der Waals surface area (Å²) in [4.78, 5) is 12.5. The van der Waals surface area contributed by atoms with Crippen molar-refractivity contribution in [2.24, 2.45) is 0 Å². The van der Waals surface area contributed by atoms with Crippen LogP contribution in [0.1, 0.15) is 25.2 Å². The van der Waals surface area contributed by atoms with Gasteiger partial charge < -0.3 is 5.73 Å². The molecule has 3 rings (SSSR count). The van der Waals surface area contributed by atoms with Gasteiger partial charge in [0.15, 0.2) is 5.82 Å². The number of anilines is 1. The van der Waals surface area contributed by atoms with Crippen LogP contribution in [0.4, 0.5) is 5.95 Å². The molecule has 2 aromatic heterocycles. The van der Waals surface area contributed by atoms with Crippen molar-refractivity contribution in [2.45, 2.75) is 24.6 Å². The Labute approximate surface area is 149 Å². The van der Waals surface area contributed by atoms with E-state index in [0.29, 0.717) is 11.3 Å². The molecule has 0 saturated heterocycles. The van der Waals surface area contributed by atoms with Gasteiger partial charge in [0.1, 0.15) is 5.82 Å². The maximum Gasteiger partial charge on any atom is 0.248 e. The van der Waals surface area contributed by atoms with Crippen LogP contribution in [0, 0.1) is 6.92 Å². The molecule has 2 heterocycles. The minimum Gasteiger partial charge on any atom is -0.368 e. The van der Waals surface area contributed by atoms with Crippen LogP contribution in [0.25, 0.3) is 16.9 Å². The van der Waals surface area contributed by atoms with E-state index in [4.69, 9.17) is 40.5 Å². The van der Waals surface area contributed by atoms with Crippen molar-refractivity contribution in [1.29, 1.82) is 0 Å². The van der Waals surface area contributed by atoms with Crippen LogP contribution in [-0.4, -0.2) is 19.5 Å². The van der Waals surface area contributed by atoms with Crippen LogP contribution in [0.3, 0.4) is 0 Å². The van der Waals surface area contributed by atoms with Gasteiger partial charge in [-0.1, -0.05) is 54.7 Å². The van der Waals surface area contributed by atoms with Gasteiger partial charge in [-0.05, 0) is 30.7 Å². The lowest BCUT2D eigenvalue weighted by Crippen LogP contribution is -2.12. The van der Waals surface area contributed by atoms with E-state index >= 15 is 0 Å². The molecule has 1 aromatic carbocycles. The smallest absolute Gasteiger partial charge is 0.248 e. The van der Waals surface area contributed by atoms with Crippen molar-refractivity contribution in [1.82, 2.24) is 19.5 Å². The van der Waals surface area contributed by atoms with Gasteiger partial charge in [-0.2, -0.15) is 4.98 Å². The number of aryl methyl sites for hydroxylation is 1. The van der Waals surface area contributed by atoms with E-state index in [-0.39, 0.29) is 11.8 Å². The van der Waals surface area contributed by atoms with Gasteiger partial charge >= 0.3 is 0 Å². The highest BCUT2D eigenvalue weighted by molar-refractivity contribution is 6.66. The third-order valence-electron chi connectivity index (χ3n) is 2.95. The molecule has 0 unspecified atom stereocenters. The van der Waals surface area contributed by atoms with Gasteiger partial charge in [0.05, 0.1) is 11.0 Å². The van der Waals surface area contributed by atoms with Crippen molar-refractivity contribution in [3.63, 3.8) is 0 Å². The molecule has 0 aliphatic heterocycles. The monoisotopic (exact) mass is 371 g/mol. The second kappa shape index (κ2) is 6.91. The SMILES string of the molecule is CC.Cc1ccc2nc(C(Cl)(Cl)Cl)n(-c3ccnc(N)n3)c2c1. The summed E-state index contributed by atoms with van der Waals surface area (Å²) in [6.45, 7) is 5.97. The Balaban J connectivity index is 0.000000924. The maximum atomic E-state index is 6.04. The number of nitrogens with two attached hydrogens (primary N) is 1. The van der Waals surface area contributed by atoms with Gasteiger partial charge in [-0.25, -0.2) is 9.97 Å². The molecule has 0 bridgehead atoms. The van der Waals surface area contributed by atoms with Gasteiger partial charge in [0, 0.05) is 6.20 Å². The van der Waals surface area contributed by atoms with Crippen LogP contribution >= 0.6 is 34.8 Å². The van der Waals surface area contributed by atoms with Crippen molar-refractivity contribution in [2.75, 3.05) is 5.73 Å². The number of alkyl halides is 3. The fourth-order valence-electron chi connectivity index (χ4n) is 2.10. The number of fused-ring (bicyclic) bond motifs is 1. The number of benzene rings is 1. The predicted molar refractivity (Wildman–Crippen MR) is 96.4 cm³/mol. The summed E-state index contributed by atoms with van der Waals surface area (Å²) in [7, 11) is 0. The Morgan fingerprint density at radius 3 is 2.39 bits per heavy atom. The second-order valence-electron chi connectivity index (χ2n) is 4.53. The molecule has 0 radical (unpaired) electrons. The fraction of sp³-hybridized carbons (Fsp3) is 0.267. The minimum absolute atomic E-state index is 0.136. The third kappa shape index (κ3) is 3.68. The summed E-state index contributed by atoms with van der Waals surface area (Å²) in [5, 5.41) is 0. The number of aromatic nitrogens is 4. The summed E-state index contributed by atoms with van der Waals surface area (Å²) in [5.41, 5.74) is 8.19. The molecule has 0 fully saturated rings. The van der Waals surface area contributed by atoms with Gasteiger partial charge in [-0.15, -0.1) is 0 Å². The van der Waals surface area contributed by atoms with E-state index in [0.717, 1.165) is 11.1 Å². The first-order valence-electron chi connectivity index (χ1n) is 7.01. The van der Waals surface area contributed by atoms with Crippen molar-refractivity contribution in [3.8, 4) is 5.82 Å². The number of imidazole rings is 1. The lowest BCUT2D eigenvalue weighted by Gasteiger charge is -2.13. The lowest BCUT2D eigenvalue weighted by atomic mass is 10.2. The Kier molecular flexibility index (Phi) is 5.34. The fourth-order valence-corrected chi connectivity index (χ4v) is 2.48. The summed E-state index contributed by atoms with van der Waals surface area (Å²) < 4.78 is -0.0139. The van der Waals surface area contributed by atoms with Crippen LogP contribution in [0.2, 0.25) is 0 Å². The summed E-state index contributed by atoms with van der Waals surface area (Å²) >= 11 is 18.1. The first-order chi connectivity index (χ1) is 10.9. The van der Waals surface area contributed by atoms with E-state index in [1.165, 1.54) is 0 Å². The first-order valence-corrected chi connectivity index (χ1v) is 8.15. The molecular weight excluding hydrogens is 357 g/mol. The number of rotatable bonds is 1. The highest BCUT2D eigenvalue weighted by atomic mass is 35.6. The van der Waals surface area contributed by atoms with Crippen molar-refractivity contribution in [3.05, 3.63) is 41.9 Å². The molecule has 122 valence electrons. The largest absolute Gasteiger partial charge is 0.368 e. The first kappa shape index (κ1) is 17.8. The number of hydrogen-bond acceptors (Lipinski definition) is 4. The van der Waals surface area contributed by atoms with E-state index in [9.17, 15) is 0 Å². The second-order valence-corrected chi connectivity index (χ2v) is 6.82. The highest BCUT2D eigenvalue weighted by Gasteiger charge is 2.31. The Morgan fingerprint density at radius 1 is 1.09 bits per heavy atom. The van der Waals surface area contributed by atoms with E-state index in [2.05, 4.69) is 15.0 Å². The lowest BCUT2D eigenvalue weighted by molar-refractivity contribution is 0.898. The quantitative estimate of drug-likeness (QED) is 0.636. The molecule has 23 heavy (non-hydrogen) atoms. The average Bonchev–Trinajstić information content (AvgIpc) is 2.88. The Morgan fingerprint density at radius 2 is 1.78 bits per heavy atom. The third-order valence-corrected chi connectivity index (χ3v) is 3.46. The summed E-state index contributed by atoms with van der Waals surface area (Å²) in [6, 6.07) is 7.43. The number of nitrogens with zero attached hydrogens (tertiary/aromatic N) is 4. The minimum atomic E-state index is -1.69. The number of halogens is 3. The summed E-state index contributed by atoms with van der Waals surface area (Å²) in [5.74, 6) is 0.889. The normalized spacial score (nSPS) is 11.2. The molecule has 0 atom stereocenters. The Bertz CT molecular complexity index is 824. The molecule has 0 aliphatic rings. The predicted octanol–water partition coefficient (Wildman–Crippen LogP) is 4.56. The number of hydrogen-bond donors (Lipinski definition) is 1. The molecule has 2 N–H and O–H groups in total. The summed E-state index contributed by atoms with van der Waals surface area (Å²) in [6.07, 6.45) is 1.54. The molecule has 0 amide bonds. The van der Waals surface area contributed by atoms with Crippen LogP contribution < -0.4 is 5.73 Å². The van der Waals surface area contributed by atoms with Gasteiger partial charge in [0.2, 0.25) is 9.74 Å². The van der Waals surface area contributed by atoms with E-state index < -0.39 is 3.79 Å². The molecular formula is C15H16Cl3N5. The Hall–Kier alpha value is -1.56. The van der Waals surface area contributed by atoms with Gasteiger partial charge in [0.25, 0.3) is 0 Å². The topological polar surface area (TPSA) is 69.6 Å². The van der Waals surface area contributed by atoms with Crippen LogP contribution in [0.5, 0.6) is 0 Å². The van der Waals surface area contributed by atoms with Crippen LogP contribution in [-0.2, 0) is 3.79 Å². The van der Waals surface area contributed by atoms with Crippen molar-refractivity contribution >= 4 is 51.8 Å². The average molecular weight is 373 g/mol. The molecule has 0 spiro atoms. The zero-order chi connectivity index (χ0) is 17.2. The van der Waals surface area contributed by atoms with Crippen LogP contribution in [0.15, 0.2) is 30.5 Å². The maximum absolute atomic E-state index is 6.04. The standard InChI is InChI=1S/C13H10Cl3N5.C2H6/c1-7-2-3-8-9(6-7)21(11(19-8)13(14,15)16)10-4-5-18-12(17)20-10;1-2/h2-6H,1H3,(H2,17,18,20);1-2H3. The molecule has 8 heteroatoms. The number of nitrogen functional groups attached to an aromatic ring is 1.